The Balaban J connectivity index is 3.34. The molecule has 14 heavy (non-hydrogen) atoms. The van der Waals surface area contributed by atoms with Crippen LogP contribution in [0.1, 0.15) is 17.2 Å². The van der Waals surface area contributed by atoms with Crippen molar-refractivity contribution in [3.8, 4) is 11.8 Å². The predicted octanol–water partition coefficient (Wildman–Crippen LogP) is 2.00. The first-order chi connectivity index (χ1) is 6.61. The van der Waals surface area contributed by atoms with Gasteiger partial charge in [0, 0.05) is 10.0 Å². The monoisotopic (exact) mass is 258 g/mol. The summed E-state index contributed by atoms with van der Waals surface area (Å²) in [5.41, 5.74) is 5.76. The van der Waals surface area contributed by atoms with Crippen molar-refractivity contribution in [3.63, 3.8) is 0 Å². The molecular weight excluding hydrogens is 251 g/mol. The van der Waals surface area contributed by atoms with Crippen molar-refractivity contribution in [2.24, 2.45) is 5.73 Å². The highest BCUT2D eigenvalue weighted by atomic mass is 79.9. The molecule has 0 aliphatic carbocycles. The highest BCUT2D eigenvalue weighted by Crippen LogP contribution is 2.33. The van der Waals surface area contributed by atoms with Crippen LogP contribution in [0.3, 0.4) is 0 Å². The van der Waals surface area contributed by atoms with Crippen molar-refractivity contribution in [2.45, 2.75) is 6.04 Å². The molecule has 0 saturated heterocycles. The maximum absolute atomic E-state index is 12.3. The van der Waals surface area contributed by atoms with Crippen LogP contribution in [-0.4, -0.2) is 11.8 Å². The Hall–Kier alpha value is -1.12. The smallest absolute Gasteiger partial charge is 0.139 e. The summed E-state index contributed by atoms with van der Waals surface area (Å²) >= 11 is 3.14. The highest BCUT2D eigenvalue weighted by molar-refractivity contribution is 9.10. The number of nitrogens with two attached hydrogens (primary N) is 1. The standard InChI is InChI=1S/C9H8BrFN2O/c10-6-2-1-5(4-12)9(14)8(6)7(13)3-11/h1-2,7,14H,3,13H2/t7-/m0/s1. The number of phenolic OH excluding ortho intramolecular Hbond substituents is 1. The van der Waals surface area contributed by atoms with Crippen LogP contribution in [0.5, 0.6) is 5.75 Å². The molecule has 0 saturated carbocycles. The molecule has 0 aliphatic heterocycles. The van der Waals surface area contributed by atoms with Crippen molar-refractivity contribution in [1.29, 1.82) is 5.26 Å². The lowest BCUT2D eigenvalue weighted by Crippen LogP contribution is -2.13. The zero-order valence-corrected chi connectivity index (χ0v) is 8.75. The lowest BCUT2D eigenvalue weighted by atomic mass is 10.0. The highest BCUT2D eigenvalue weighted by Gasteiger charge is 2.17. The molecule has 0 heterocycles. The topological polar surface area (TPSA) is 70.0 Å². The van der Waals surface area contributed by atoms with E-state index >= 15 is 0 Å². The maximum Gasteiger partial charge on any atom is 0.139 e. The normalized spacial score (nSPS) is 12.1. The summed E-state index contributed by atoms with van der Waals surface area (Å²) in [5, 5.41) is 18.2. The van der Waals surface area contributed by atoms with Gasteiger partial charge in [0.2, 0.25) is 0 Å². The number of alkyl halides is 1. The minimum atomic E-state index is -0.919. The number of nitrogens with zero attached hydrogens (tertiary/aromatic N) is 1. The van der Waals surface area contributed by atoms with Crippen LogP contribution in [0.15, 0.2) is 16.6 Å². The van der Waals surface area contributed by atoms with E-state index in [1.54, 1.807) is 12.1 Å². The summed E-state index contributed by atoms with van der Waals surface area (Å²) in [6.45, 7) is -0.791. The molecule has 0 spiro atoms. The van der Waals surface area contributed by atoms with Crippen LogP contribution in [0.2, 0.25) is 0 Å². The second-order valence-electron chi connectivity index (χ2n) is 2.73. The van der Waals surface area contributed by atoms with Gasteiger partial charge in [-0.1, -0.05) is 15.9 Å². The van der Waals surface area contributed by atoms with Gasteiger partial charge in [0.25, 0.3) is 0 Å². The Morgan fingerprint density at radius 3 is 2.79 bits per heavy atom. The van der Waals surface area contributed by atoms with Crippen molar-refractivity contribution in [1.82, 2.24) is 0 Å². The third kappa shape index (κ3) is 1.86. The number of phenols is 1. The maximum atomic E-state index is 12.3. The number of hydrogen-bond donors (Lipinski definition) is 2. The Bertz CT molecular complexity index is 389. The molecule has 1 rings (SSSR count). The average molecular weight is 259 g/mol. The first kappa shape index (κ1) is 11.0. The zero-order chi connectivity index (χ0) is 10.7. The SMILES string of the molecule is N#Cc1ccc(Br)c([C@@H](N)CF)c1O. The molecule has 0 aromatic heterocycles. The molecule has 1 atom stereocenters. The zero-order valence-electron chi connectivity index (χ0n) is 7.17. The molecule has 1 aromatic rings. The Kier molecular flexibility index (Phi) is 3.44. The van der Waals surface area contributed by atoms with Crippen LogP contribution >= 0.6 is 15.9 Å². The van der Waals surface area contributed by atoms with Gasteiger partial charge in [0.1, 0.15) is 18.5 Å². The van der Waals surface area contributed by atoms with Crippen LogP contribution in [0, 0.1) is 11.3 Å². The quantitative estimate of drug-likeness (QED) is 0.853. The predicted molar refractivity (Wildman–Crippen MR) is 53.4 cm³/mol. The molecule has 0 fully saturated rings. The first-order valence-corrected chi connectivity index (χ1v) is 4.64. The van der Waals surface area contributed by atoms with Crippen molar-refractivity contribution in [2.75, 3.05) is 6.67 Å². The molecule has 1 aromatic carbocycles. The van der Waals surface area contributed by atoms with Gasteiger partial charge in [-0.3, -0.25) is 0 Å². The summed E-state index contributed by atoms with van der Waals surface area (Å²) in [6, 6.07) is 3.87. The second-order valence-corrected chi connectivity index (χ2v) is 3.58. The van der Waals surface area contributed by atoms with Gasteiger partial charge in [-0.05, 0) is 12.1 Å². The van der Waals surface area contributed by atoms with Crippen LogP contribution < -0.4 is 5.73 Å². The van der Waals surface area contributed by atoms with Gasteiger partial charge < -0.3 is 10.8 Å². The summed E-state index contributed by atoms with van der Waals surface area (Å²) in [4.78, 5) is 0. The van der Waals surface area contributed by atoms with E-state index in [2.05, 4.69) is 15.9 Å². The number of rotatable bonds is 2. The molecule has 0 aliphatic rings. The van der Waals surface area contributed by atoms with Gasteiger partial charge in [0.15, 0.2) is 0 Å². The van der Waals surface area contributed by atoms with Gasteiger partial charge in [0.05, 0.1) is 11.6 Å². The molecular formula is C9H8BrFN2O. The number of halogens is 2. The molecule has 5 heteroatoms. The summed E-state index contributed by atoms with van der Waals surface area (Å²) in [5.74, 6) is -0.257. The van der Waals surface area contributed by atoms with Gasteiger partial charge in [-0.15, -0.1) is 0 Å². The van der Waals surface area contributed by atoms with Crippen LogP contribution in [0.25, 0.3) is 0 Å². The second kappa shape index (κ2) is 4.40. The summed E-state index contributed by atoms with van der Waals surface area (Å²) < 4.78 is 12.8. The van der Waals surface area contributed by atoms with E-state index in [-0.39, 0.29) is 16.9 Å². The largest absolute Gasteiger partial charge is 0.506 e. The average Bonchev–Trinajstić information content (AvgIpc) is 2.18. The number of nitriles is 1. The van der Waals surface area contributed by atoms with Gasteiger partial charge >= 0.3 is 0 Å². The van der Waals surface area contributed by atoms with Gasteiger partial charge in [-0.25, -0.2) is 4.39 Å². The van der Waals surface area contributed by atoms with Crippen molar-refractivity contribution < 1.29 is 9.50 Å². The van der Waals surface area contributed by atoms with Gasteiger partial charge in [-0.2, -0.15) is 5.26 Å². The van der Waals surface area contributed by atoms with Crippen molar-refractivity contribution in [3.05, 3.63) is 27.7 Å². The summed E-state index contributed by atoms with van der Waals surface area (Å²) in [7, 11) is 0. The molecule has 3 nitrogen and oxygen atoms in total. The third-order valence-electron chi connectivity index (χ3n) is 1.82. The number of hydrogen-bond acceptors (Lipinski definition) is 3. The minimum Gasteiger partial charge on any atom is -0.506 e. The molecule has 3 N–H and O–H groups in total. The lowest BCUT2D eigenvalue weighted by Gasteiger charge is -2.12. The van der Waals surface area contributed by atoms with E-state index < -0.39 is 12.7 Å². The fourth-order valence-corrected chi connectivity index (χ4v) is 1.72. The fourth-order valence-electron chi connectivity index (χ4n) is 1.10. The van der Waals surface area contributed by atoms with Crippen molar-refractivity contribution >= 4 is 15.9 Å². The van der Waals surface area contributed by atoms with Crippen LogP contribution in [-0.2, 0) is 0 Å². The van der Waals surface area contributed by atoms with E-state index in [4.69, 9.17) is 11.0 Å². The summed E-state index contributed by atoms with van der Waals surface area (Å²) in [6.07, 6.45) is 0. The first-order valence-electron chi connectivity index (χ1n) is 3.84. The number of aromatic hydroxyl groups is 1. The molecule has 0 bridgehead atoms. The fraction of sp³-hybridized carbons (Fsp3) is 0.222. The van der Waals surface area contributed by atoms with E-state index in [1.165, 1.54) is 6.07 Å². The Morgan fingerprint density at radius 1 is 1.64 bits per heavy atom. The van der Waals surface area contributed by atoms with E-state index in [0.717, 1.165) is 0 Å². The lowest BCUT2D eigenvalue weighted by molar-refractivity contribution is 0.413. The van der Waals surface area contributed by atoms with E-state index in [9.17, 15) is 9.50 Å². The molecule has 74 valence electrons. The minimum absolute atomic E-state index is 0.0899. The molecule has 0 amide bonds. The number of benzene rings is 1. The Morgan fingerprint density at radius 2 is 2.29 bits per heavy atom. The van der Waals surface area contributed by atoms with Crippen LogP contribution in [0.4, 0.5) is 4.39 Å². The Labute approximate surface area is 89.1 Å². The van der Waals surface area contributed by atoms with E-state index in [0.29, 0.717) is 4.47 Å². The third-order valence-corrected chi connectivity index (χ3v) is 2.51. The van der Waals surface area contributed by atoms with E-state index in [1.807, 2.05) is 0 Å². The molecule has 0 radical (unpaired) electrons. The molecule has 0 unspecified atom stereocenters.